The zero-order valence-corrected chi connectivity index (χ0v) is 18.5. The number of hydrogen-bond acceptors (Lipinski definition) is 4. The summed E-state index contributed by atoms with van der Waals surface area (Å²) in [5, 5.41) is 2.44. The number of hydrogen-bond donors (Lipinski definition) is 1. The Bertz CT molecular complexity index is 1070. The molecule has 2 aliphatic heterocycles. The highest BCUT2D eigenvalue weighted by Gasteiger charge is 2.47. The highest BCUT2D eigenvalue weighted by Crippen LogP contribution is 2.46. The molecule has 4 rings (SSSR count). The summed E-state index contributed by atoms with van der Waals surface area (Å²) in [5.41, 5.74) is 3.57. The lowest BCUT2D eigenvalue weighted by molar-refractivity contribution is -0.443. The first-order valence-electron chi connectivity index (χ1n) is 10.6. The van der Waals surface area contributed by atoms with Crippen LogP contribution in [0, 0.1) is 0 Å². The van der Waals surface area contributed by atoms with Crippen molar-refractivity contribution in [2.75, 3.05) is 25.5 Å². The van der Waals surface area contributed by atoms with Crippen molar-refractivity contribution >= 4 is 32.3 Å². The third kappa shape index (κ3) is 4.17. The van der Waals surface area contributed by atoms with Crippen LogP contribution in [0.4, 0.5) is 5.69 Å². The number of rotatable bonds is 8. The van der Waals surface area contributed by atoms with E-state index in [9.17, 15) is 8.42 Å². The molecule has 6 nitrogen and oxygen atoms in total. The zero-order valence-electron chi connectivity index (χ0n) is 17.6. The summed E-state index contributed by atoms with van der Waals surface area (Å²) in [5.74, 6) is -0.190. The van der Waals surface area contributed by atoms with Gasteiger partial charge in [-0.1, -0.05) is 30.7 Å². The van der Waals surface area contributed by atoms with Crippen LogP contribution in [0.2, 0.25) is 0 Å². The Morgan fingerprint density at radius 2 is 1.87 bits per heavy atom. The maximum atomic E-state index is 11.1. The average molecular weight is 433 g/mol. The van der Waals surface area contributed by atoms with Gasteiger partial charge in [-0.2, -0.15) is 13.0 Å². The third-order valence-electron chi connectivity index (χ3n) is 6.56. The fourth-order valence-electron chi connectivity index (χ4n) is 4.89. The molecule has 0 saturated carbocycles. The number of nitrogens with zero attached hydrogens (tertiary/aromatic N) is 1. The van der Waals surface area contributed by atoms with E-state index >= 15 is 0 Å². The van der Waals surface area contributed by atoms with Gasteiger partial charge in [0, 0.05) is 18.6 Å². The van der Waals surface area contributed by atoms with E-state index in [4.69, 9.17) is 14.0 Å². The van der Waals surface area contributed by atoms with Gasteiger partial charge >= 0.3 is 0 Å². The third-order valence-corrected chi connectivity index (χ3v) is 7.37. The summed E-state index contributed by atoms with van der Waals surface area (Å²) in [7, 11) is -3.92. The van der Waals surface area contributed by atoms with Crippen molar-refractivity contribution in [3.8, 4) is 0 Å². The van der Waals surface area contributed by atoms with Crippen LogP contribution in [0.25, 0.3) is 10.8 Å². The van der Waals surface area contributed by atoms with Crippen molar-refractivity contribution in [1.82, 2.24) is 0 Å². The van der Waals surface area contributed by atoms with Gasteiger partial charge in [-0.05, 0) is 36.6 Å². The molecule has 0 bridgehead atoms. The lowest BCUT2D eigenvalue weighted by Gasteiger charge is -2.23. The average Bonchev–Trinajstić information content (AvgIpc) is 3.30. The number of unbranched alkanes of at least 4 members (excludes halogenated alkanes) is 1. The van der Waals surface area contributed by atoms with Crippen LogP contribution >= 0.6 is 0 Å². The molecule has 0 spiro atoms. The number of fused-ring (bicyclic) bond motifs is 3. The van der Waals surface area contributed by atoms with E-state index in [1.807, 2.05) is 0 Å². The Kier molecular flexibility index (Phi) is 5.99. The quantitative estimate of drug-likeness (QED) is 0.387. The van der Waals surface area contributed by atoms with Crippen LogP contribution in [0.3, 0.4) is 0 Å². The van der Waals surface area contributed by atoms with Crippen LogP contribution in [-0.4, -0.2) is 55.1 Å². The van der Waals surface area contributed by atoms with E-state index in [2.05, 4.69) is 54.8 Å². The second-order valence-electron chi connectivity index (χ2n) is 8.45. The molecule has 7 heteroatoms. The topological polar surface area (TPSA) is 75.8 Å². The normalized spacial score (nSPS) is 22.2. The molecule has 30 heavy (non-hydrogen) atoms. The maximum absolute atomic E-state index is 11.1. The van der Waals surface area contributed by atoms with Crippen LogP contribution in [0.1, 0.15) is 45.1 Å². The zero-order chi connectivity index (χ0) is 21.4. The smallest absolute Gasteiger partial charge is 0.264 e. The van der Waals surface area contributed by atoms with Crippen molar-refractivity contribution in [3.05, 3.63) is 42.0 Å². The Morgan fingerprint density at radius 3 is 2.60 bits per heavy atom. The standard InChI is InChI=1S/C23H29NO5S/c1-17-23(2,12-5-6-16-30(25,26)27)22-19-8-4-3-7-18(19)9-10-20(22)24(17)13-11-21-28-14-15-29-21/h3-4,7-10,21H,5-6,11-16H2,1-2H3/p+1. The fourth-order valence-corrected chi connectivity index (χ4v) is 5.46. The minimum atomic E-state index is -3.92. The summed E-state index contributed by atoms with van der Waals surface area (Å²) in [6.45, 7) is 6.54. The molecule has 1 unspecified atom stereocenters. The van der Waals surface area contributed by atoms with Gasteiger partial charge in [0.15, 0.2) is 18.5 Å². The van der Waals surface area contributed by atoms with Gasteiger partial charge in [0.25, 0.3) is 10.1 Å². The molecule has 1 fully saturated rings. The SMILES string of the molecule is CC1=[N+](CCC2OCCO2)c2ccc3ccccc3c2C1(C)CCCCS(=O)(=O)O. The summed E-state index contributed by atoms with van der Waals surface area (Å²) in [6, 6.07) is 12.8. The Hall–Kier alpha value is -1.80. The van der Waals surface area contributed by atoms with Gasteiger partial charge in [0.2, 0.25) is 5.69 Å². The van der Waals surface area contributed by atoms with E-state index < -0.39 is 10.1 Å². The molecule has 0 aliphatic carbocycles. The van der Waals surface area contributed by atoms with E-state index in [0.29, 0.717) is 19.6 Å². The predicted octanol–water partition coefficient (Wildman–Crippen LogP) is 4.04. The minimum absolute atomic E-state index is 0.150. The molecule has 0 aromatic heterocycles. The highest BCUT2D eigenvalue weighted by molar-refractivity contribution is 7.85. The van der Waals surface area contributed by atoms with Crippen molar-refractivity contribution in [1.29, 1.82) is 0 Å². The molecule has 1 saturated heterocycles. The summed E-state index contributed by atoms with van der Waals surface area (Å²) < 4.78 is 45.0. The molecule has 1 atom stereocenters. The Balaban J connectivity index is 1.67. The van der Waals surface area contributed by atoms with Crippen molar-refractivity contribution < 1.29 is 27.0 Å². The van der Waals surface area contributed by atoms with Crippen LogP contribution < -0.4 is 0 Å². The van der Waals surface area contributed by atoms with E-state index in [-0.39, 0.29) is 17.5 Å². The van der Waals surface area contributed by atoms with Crippen molar-refractivity contribution in [2.24, 2.45) is 0 Å². The first-order chi connectivity index (χ1) is 14.3. The molecule has 0 radical (unpaired) electrons. The second-order valence-corrected chi connectivity index (χ2v) is 10.0. The molecule has 1 N–H and O–H groups in total. The maximum Gasteiger partial charge on any atom is 0.264 e. The number of ether oxygens (including phenoxy) is 2. The lowest BCUT2D eigenvalue weighted by atomic mass is 9.74. The lowest BCUT2D eigenvalue weighted by Crippen LogP contribution is -2.31. The number of benzene rings is 2. The van der Waals surface area contributed by atoms with Crippen LogP contribution in [0.5, 0.6) is 0 Å². The van der Waals surface area contributed by atoms with Crippen LogP contribution in [0.15, 0.2) is 36.4 Å². The highest BCUT2D eigenvalue weighted by atomic mass is 32.2. The summed E-state index contributed by atoms with van der Waals surface area (Å²) >= 11 is 0. The van der Waals surface area contributed by atoms with Gasteiger partial charge in [-0.25, -0.2) is 0 Å². The molecule has 162 valence electrons. The van der Waals surface area contributed by atoms with E-state index in [0.717, 1.165) is 25.8 Å². The molecule has 2 heterocycles. The molecular weight excluding hydrogens is 402 g/mol. The molecule has 0 amide bonds. The molecular formula is C23H30NO5S+. The Morgan fingerprint density at radius 1 is 1.13 bits per heavy atom. The fraction of sp³-hybridized carbons (Fsp3) is 0.522. The predicted molar refractivity (Wildman–Crippen MR) is 117 cm³/mol. The first kappa shape index (κ1) is 21.4. The largest absolute Gasteiger partial charge is 0.350 e. The van der Waals surface area contributed by atoms with Gasteiger partial charge in [0.1, 0.15) is 0 Å². The minimum Gasteiger partial charge on any atom is -0.350 e. The molecule has 2 aromatic rings. The molecule has 2 aromatic carbocycles. The summed E-state index contributed by atoms with van der Waals surface area (Å²) in [4.78, 5) is 0. The van der Waals surface area contributed by atoms with E-state index in [1.165, 1.54) is 27.7 Å². The van der Waals surface area contributed by atoms with Gasteiger partial charge in [0.05, 0.1) is 30.8 Å². The Labute approximate surface area is 178 Å². The first-order valence-corrected chi connectivity index (χ1v) is 12.2. The monoisotopic (exact) mass is 432 g/mol. The van der Waals surface area contributed by atoms with E-state index in [1.54, 1.807) is 0 Å². The van der Waals surface area contributed by atoms with Crippen LogP contribution in [-0.2, 0) is 25.0 Å². The molecule has 2 aliphatic rings. The van der Waals surface area contributed by atoms with Crippen molar-refractivity contribution in [3.63, 3.8) is 0 Å². The van der Waals surface area contributed by atoms with Gasteiger partial charge < -0.3 is 9.47 Å². The van der Waals surface area contributed by atoms with Gasteiger partial charge in [-0.15, -0.1) is 0 Å². The second kappa shape index (κ2) is 8.38. The van der Waals surface area contributed by atoms with Crippen molar-refractivity contribution in [2.45, 2.75) is 51.2 Å². The van der Waals surface area contributed by atoms with Gasteiger partial charge in [-0.3, -0.25) is 4.55 Å². The summed E-state index contributed by atoms with van der Waals surface area (Å²) in [6.07, 6.45) is 2.64.